The van der Waals surface area contributed by atoms with E-state index < -0.39 is 66.8 Å². The summed E-state index contributed by atoms with van der Waals surface area (Å²) >= 11 is 0. The molecule has 0 aliphatic heterocycles. The largest absolute Gasteiger partial charge is 0.481 e. The highest BCUT2D eigenvalue weighted by Crippen LogP contribution is 2.14. The van der Waals surface area contributed by atoms with Crippen molar-refractivity contribution < 1.29 is 68.3 Å². The summed E-state index contributed by atoms with van der Waals surface area (Å²) < 4.78 is 10.4. The Hall–Kier alpha value is -4.32. The molecule has 0 saturated heterocycles. The number of carbonyl (C=O) groups excluding carboxylic acids is 4. The molecule has 2 atom stereocenters. The number of carbonyl (C=O) groups is 8. The Balaban J connectivity index is 3.87. The fourth-order valence-corrected chi connectivity index (χ4v) is 5.25. The molecule has 0 heterocycles. The van der Waals surface area contributed by atoms with Crippen LogP contribution in [0.3, 0.4) is 0 Å². The fraction of sp³-hybridized carbons (Fsp3) is 0.778. The Bertz CT molecular complexity index is 1140. The maximum atomic E-state index is 12.3. The van der Waals surface area contributed by atoms with Crippen molar-refractivity contribution in [3.8, 4) is 0 Å². The minimum atomic E-state index is -1.37. The molecule has 0 fully saturated rings. The van der Waals surface area contributed by atoms with Gasteiger partial charge in [0, 0.05) is 32.2 Å². The first-order valence-corrected chi connectivity index (χ1v) is 19.0. The average molecular weight is 775 g/mol. The van der Waals surface area contributed by atoms with E-state index in [1.807, 2.05) is 0 Å². The van der Waals surface area contributed by atoms with Crippen LogP contribution >= 0.6 is 0 Å². The number of carboxylic acids is 4. The lowest BCUT2D eigenvalue weighted by Crippen LogP contribution is -2.43. The predicted octanol–water partition coefficient (Wildman–Crippen LogP) is 2.36. The first-order chi connectivity index (χ1) is 25.8. The number of unbranched alkanes of at least 4 members (excludes halogenated alkanes) is 13. The molecule has 0 aliphatic rings. The minimum Gasteiger partial charge on any atom is -0.481 e. The summed E-state index contributed by atoms with van der Waals surface area (Å²) in [6.07, 6.45) is 14.6. The van der Waals surface area contributed by atoms with Crippen LogP contribution in [0.25, 0.3) is 0 Å². The van der Waals surface area contributed by atoms with Crippen LogP contribution in [-0.2, 0) is 47.8 Å². The Morgan fingerprint density at radius 2 is 0.852 bits per heavy atom. The second kappa shape index (κ2) is 33.3. The van der Waals surface area contributed by atoms with E-state index in [4.69, 9.17) is 19.7 Å². The minimum absolute atomic E-state index is 0.0146. The predicted molar refractivity (Wildman–Crippen MR) is 194 cm³/mol. The molecule has 0 aromatic heterocycles. The number of rotatable bonds is 37. The van der Waals surface area contributed by atoms with Crippen LogP contribution in [-0.4, -0.2) is 120 Å². The Morgan fingerprint density at radius 3 is 1.31 bits per heavy atom. The number of nitrogens with one attached hydrogen (secondary N) is 4. The topological polar surface area (TPSA) is 284 Å². The third-order valence-corrected chi connectivity index (χ3v) is 8.24. The van der Waals surface area contributed by atoms with Crippen molar-refractivity contribution in [2.75, 3.05) is 39.5 Å². The number of amides is 4. The van der Waals surface area contributed by atoms with Gasteiger partial charge in [0.15, 0.2) is 0 Å². The molecule has 18 nitrogen and oxygen atoms in total. The number of hydrogen-bond donors (Lipinski definition) is 8. The molecule has 0 aromatic carbocycles. The van der Waals surface area contributed by atoms with Gasteiger partial charge < -0.3 is 51.2 Å². The van der Waals surface area contributed by atoms with Crippen LogP contribution in [0.4, 0.5) is 0 Å². The van der Waals surface area contributed by atoms with Gasteiger partial charge in [0.2, 0.25) is 23.6 Å². The number of hydrogen-bond acceptors (Lipinski definition) is 10. The maximum absolute atomic E-state index is 12.3. The molecular formula is C36H62N4O14. The summed E-state index contributed by atoms with van der Waals surface area (Å²) in [7, 11) is 0. The van der Waals surface area contributed by atoms with Crippen molar-refractivity contribution in [1.82, 2.24) is 21.3 Å². The lowest BCUT2D eigenvalue weighted by molar-refractivity contribution is -0.143. The first-order valence-electron chi connectivity index (χ1n) is 19.0. The second-order valence-corrected chi connectivity index (χ2v) is 13.0. The van der Waals surface area contributed by atoms with Gasteiger partial charge in [0.25, 0.3) is 0 Å². The molecule has 4 amide bonds. The van der Waals surface area contributed by atoms with E-state index in [1.165, 1.54) is 32.1 Å². The van der Waals surface area contributed by atoms with E-state index >= 15 is 0 Å². The van der Waals surface area contributed by atoms with E-state index in [0.717, 1.165) is 51.4 Å². The summed E-state index contributed by atoms with van der Waals surface area (Å²) in [4.78, 5) is 91.8. The number of ether oxygens (including phenoxy) is 2. The molecule has 0 spiro atoms. The van der Waals surface area contributed by atoms with E-state index in [2.05, 4.69) is 21.3 Å². The maximum Gasteiger partial charge on any atom is 0.326 e. The van der Waals surface area contributed by atoms with Gasteiger partial charge in [0.05, 0.1) is 19.8 Å². The molecule has 0 rings (SSSR count). The second-order valence-electron chi connectivity index (χ2n) is 13.0. The molecular weight excluding hydrogens is 712 g/mol. The smallest absolute Gasteiger partial charge is 0.326 e. The summed E-state index contributed by atoms with van der Waals surface area (Å²) in [6.45, 7) is -0.801. The molecule has 0 aliphatic carbocycles. The molecule has 0 radical (unpaired) electrons. The highest BCUT2D eigenvalue weighted by molar-refractivity contribution is 5.86. The van der Waals surface area contributed by atoms with Crippen molar-refractivity contribution in [2.24, 2.45) is 0 Å². The van der Waals surface area contributed by atoms with Gasteiger partial charge in [-0.1, -0.05) is 77.0 Å². The molecule has 8 N–H and O–H groups in total. The zero-order valence-electron chi connectivity index (χ0n) is 31.4. The van der Waals surface area contributed by atoms with Crippen LogP contribution in [0.5, 0.6) is 0 Å². The van der Waals surface area contributed by atoms with E-state index in [0.29, 0.717) is 6.42 Å². The average Bonchev–Trinajstić information content (AvgIpc) is 3.11. The zero-order valence-corrected chi connectivity index (χ0v) is 31.4. The van der Waals surface area contributed by atoms with Crippen LogP contribution < -0.4 is 21.3 Å². The normalized spacial score (nSPS) is 11.9. The van der Waals surface area contributed by atoms with Gasteiger partial charge >= 0.3 is 23.9 Å². The van der Waals surface area contributed by atoms with E-state index in [9.17, 15) is 48.6 Å². The third kappa shape index (κ3) is 32.3. The highest BCUT2D eigenvalue weighted by atomic mass is 16.5. The van der Waals surface area contributed by atoms with Gasteiger partial charge in [-0.25, -0.2) is 9.59 Å². The summed E-state index contributed by atoms with van der Waals surface area (Å²) in [6, 6.07) is -2.55. The van der Waals surface area contributed by atoms with Gasteiger partial charge in [-0.3, -0.25) is 28.8 Å². The van der Waals surface area contributed by atoms with Crippen molar-refractivity contribution in [3.63, 3.8) is 0 Å². The standard InChI is InChI=1S/C36H62N4O14/c41-29(37-21-22-53-23-24-54-26-32(44)40-28(36(51)52)18-20-30(42)38-25-34(47)48)19-17-27(35(49)50)39-31(43)15-13-11-9-7-5-3-1-2-4-6-8-10-12-14-16-33(45)46/h27-28H,1-26H2,(H,37,41)(H,38,42)(H,39,43)(H,40,44)(H,45,46)(H,47,48)(H,49,50)(H,51,52). The van der Waals surface area contributed by atoms with Crippen molar-refractivity contribution in [3.05, 3.63) is 0 Å². The Labute approximate surface area is 316 Å². The highest BCUT2D eigenvalue weighted by Gasteiger charge is 2.22. The molecule has 310 valence electrons. The zero-order chi connectivity index (χ0) is 40.4. The number of aliphatic carboxylic acids is 4. The number of carboxylic acid groups (broad SMARTS) is 4. The first kappa shape index (κ1) is 49.7. The van der Waals surface area contributed by atoms with E-state index in [1.54, 1.807) is 0 Å². The monoisotopic (exact) mass is 774 g/mol. The van der Waals surface area contributed by atoms with Gasteiger partial charge in [-0.15, -0.1) is 0 Å². The fourth-order valence-electron chi connectivity index (χ4n) is 5.25. The van der Waals surface area contributed by atoms with Crippen molar-refractivity contribution >= 4 is 47.5 Å². The van der Waals surface area contributed by atoms with Gasteiger partial charge in [0.1, 0.15) is 25.2 Å². The van der Waals surface area contributed by atoms with E-state index in [-0.39, 0.29) is 70.8 Å². The molecule has 0 saturated carbocycles. The molecule has 0 aromatic rings. The molecule has 18 heteroatoms. The molecule has 2 unspecified atom stereocenters. The molecule has 54 heavy (non-hydrogen) atoms. The van der Waals surface area contributed by atoms with Crippen molar-refractivity contribution in [1.29, 1.82) is 0 Å². The Kier molecular flexibility index (Phi) is 30.6. The summed E-state index contributed by atoms with van der Waals surface area (Å²) in [5, 5.41) is 45.3. The summed E-state index contributed by atoms with van der Waals surface area (Å²) in [5.41, 5.74) is 0. The third-order valence-electron chi connectivity index (χ3n) is 8.24. The van der Waals surface area contributed by atoms with Crippen LogP contribution in [0.2, 0.25) is 0 Å². The van der Waals surface area contributed by atoms with Crippen molar-refractivity contribution in [2.45, 2.75) is 141 Å². The summed E-state index contributed by atoms with van der Waals surface area (Å²) in [5.74, 6) is -6.75. The van der Waals surface area contributed by atoms with Crippen LogP contribution in [0.15, 0.2) is 0 Å². The SMILES string of the molecule is O=C(O)CCCCCCCCCCCCCCCCC(=O)NC(CCC(=O)NCCOCCOCC(=O)NC(CCC(=O)NCC(=O)O)C(=O)O)C(=O)O. The quantitative estimate of drug-likeness (QED) is 0.0421. The lowest BCUT2D eigenvalue weighted by atomic mass is 10.0. The van der Waals surface area contributed by atoms with Crippen LogP contribution in [0, 0.1) is 0 Å². The van der Waals surface area contributed by atoms with Gasteiger partial charge in [-0.05, 0) is 25.7 Å². The van der Waals surface area contributed by atoms with Crippen LogP contribution in [0.1, 0.15) is 128 Å². The Morgan fingerprint density at radius 1 is 0.426 bits per heavy atom. The van der Waals surface area contributed by atoms with Gasteiger partial charge in [-0.2, -0.15) is 0 Å². The molecule has 0 bridgehead atoms. The lowest BCUT2D eigenvalue weighted by Gasteiger charge is -2.15.